The van der Waals surface area contributed by atoms with Crippen LogP contribution in [0.1, 0.15) is 18.7 Å². The number of nitrogens with zero attached hydrogens (tertiary/aromatic N) is 1. The third-order valence-corrected chi connectivity index (χ3v) is 3.59. The van der Waals surface area contributed by atoms with Crippen molar-refractivity contribution in [3.8, 4) is 0 Å². The van der Waals surface area contributed by atoms with Gasteiger partial charge in [0.25, 0.3) is 0 Å². The van der Waals surface area contributed by atoms with E-state index in [4.69, 9.17) is 9.15 Å². The van der Waals surface area contributed by atoms with Crippen molar-refractivity contribution in [2.24, 2.45) is 0 Å². The van der Waals surface area contributed by atoms with Crippen LogP contribution < -0.4 is 5.32 Å². The van der Waals surface area contributed by atoms with Crippen LogP contribution in [0.4, 0.5) is 0 Å². The molecule has 2 atom stereocenters. The Balaban J connectivity index is 1.88. The van der Waals surface area contributed by atoms with Gasteiger partial charge in [-0.1, -0.05) is 0 Å². The van der Waals surface area contributed by atoms with Crippen LogP contribution in [0.3, 0.4) is 0 Å². The summed E-state index contributed by atoms with van der Waals surface area (Å²) in [6.07, 6.45) is 0.273. The molecule has 0 spiro atoms. The fourth-order valence-corrected chi connectivity index (χ4v) is 2.31. The quantitative estimate of drug-likeness (QED) is 0.923. The van der Waals surface area contributed by atoms with Gasteiger partial charge in [-0.2, -0.15) is 0 Å². The van der Waals surface area contributed by atoms with Crippen molar-refractivity contribution in [2.45, 2.75) is 19.1 Å². The number of likely N-dealkylation sites (N-methyl/N-ethyl adjacent to an activating group) is 1. The summed E-state index contributed by atoms with van der Waals surface area (Å²) in [5.74, 6) is 0.975. The summed E-state index contributed by atoms with van der Waals surface area (Å²) < 4.78 is 12.1. The number of halogens is 1. The first-order valence-electron chi connectivity index (χ1n) is 5.94. The van der Waals surface area contributed by atoms with E-state index in [1.165, 1.54) is 0 Å². The Morgan fingerprint density at radius 3 is 3.00 bits per heavy atom. The smallest absolute Gasteiger partial charge is 0.169 e. The van der Waals surface area contributed by atoms with E-state index in [0.29, 0.717) is 0 Å². The largest absolute Gasteiger partial charge is 0.453 e. The molecule has 1 N–H and O–H groups in total. The van der Waals surface area contributed by atoms with Gasteiger partial charge in [-0.3, -0.25) is 4.90 Å². The second-order valence-corrected chi connectivity index (χ2v) is 5.24. The zero-order chi connectivity index (χ0) is 12.3. The second kappa shape index (κ2) is 6.00. The van der Waals surface area contributed by atoms with E-state index in [-0.39, 0.29) is 12.1 Å². The molecule has 96 valence electrons. The van der Waals surface area contributed by atoms with Crippen LogP contribution in [0.15, 0.2) is 21.2 Å². The van der Waals surface area contributed by atoms with Crippen molar-refractivity contribution in [3.05, 3.63) is 22.6 Å². The minimum Gasteiger partial charge on any atom is -0.453 e. The van der Waals surface area contributed by atoms with Crippen LogP contribution in [0.5, 0.6) is 0 Å². The molecule has 0 amide bonds. The van der Waals surface area contributed by atoms with E-state index in [0.717, 1.165) is 36.7 Å². The maximum absolute atomic E-state index is 5.70. The molecule has 1 aromatic rings. The lowest BCUT2D eigenvalue weighted by molar-refractivity contribution is 0.00242. The number of morpholine rings is 1. The maximum atomic E-state index is 5.70. The number of hydrogen-bond donors (Lipinski definition) is 1. The summed E-state index contributed by atoms with van der Waals surface area (Å²) in [7, 11) is 2.10. The molecule has 1 aliphatic rings. The van der Waals surface area contributed by atoms with Crippen LogP contribution in [-0.2, 0) is 4.74 Å². The summed E-state index contributed by atoms with van der Waals surface area (Å²) in [4.78, 5) is 2.25. The number of nitrogens with one attached hydrogen (secondary N) is 1. The van der Waals surface area contributed by atoms with E-state index in [1.807, 2.05) is 12.1 Å². The summed E-state index contributed by atoms with van der Waals surface area (Å²) in [6, 6.07) is 4.19. The van der Waals surface area contributed by atoms with E-state index >= 15 is 0 Å². The molecule has 2 unspecified atom stereocenters. The van der Waals surface area contributed by atoms with E-state index in [9.17, 15) is 0 Å². The lowest BCUT2D eigenvalue weighted by atomic mass is 10.2. The van der Waals surface area contributed by atoms with Crippen LogP contribution in [-0.4, -0.2) is 44.3 Å². The van der Waals surface area contributed by atoms with Crippen LogP contribution in [0, 0.1) is 0 Å². The Kier molecular flexibility index (Phi) is 4.62. The predicted molar refractivity (Wildman–Crippen MR) is 70.1 cm³/mol. The average molecular weight is 303 g/mol. The standard InChI is InChI=1S/C12H19BrN2O2/c1-9(11-3-4-12(13)17-11)15(2)8-10-7-14-5-6-16-10/h3-4,9-10,14H,5-8H2,1-2H3. The third kappa shape index (κ3) is 3.55. The third-order valence-electron chi connectivity index (χ3n) is 3.16. The molecule has 1 aromatic heterocycles. The normalized spacial score (nSPS) is 22.9. The lowest BCUT2D eigenvalue weighted by Gasteiger charge is -2.30. The van der Waals surface area contributed by atoms with Crippen molar-refractivity contribution in [1.29, 1.82) is 0 Å². The molecule has 0 saturated carbocycles. The zero-order valence-corrected chi connectivity index (χ0v) is 11.9. The van der Waals surface area contributed by atoms with Gasteiger partial charge < -0.3 is 14.5 Å². The average Bonchev–Trinajstić information content (AvgIpc) is 2.76. The monoisotopic (exact) mass is 302 g/mol. The highest BCUT2D eigenvalue weighted by molar-refractivity contribution is 9.10. The van der Waals surface area contributed by atoms with Crippen LogP contribution in [0.25, 0.3) is 0 Å². The molecule has 2 rings (SSSR count). The first-order valence-corrected chi connectivity index (χ1v) is 6.74. The lowest BCUT2D eigenvalue weighted by Crippen LogP contribution is -2.44. The van der Waals surface area contributed by atoms with Crippen molar-refractivity contribution in [3.63, 3.8) is 0 Å². The first kappa shape index (κ1) is 13.1. The molecule has 2 heterocycles. The summed E-state index contributed by atoms with van der Waals surface area (Å²) >= 11 is 3.33. The van der Waals surface area contributed by atoms with Crippen molar-refractivity contribution < 1.29 is 9.15 Å². The van der Waals surface area contributed by atoms with Crippen molar-refractivity contribution in [1.82, 2.24) is 10.2 Å². The Bertz CT molecular complexity index is 350. The van der Waals surface area contributed by atoms with E-state index in [1.54, 1.807) is 0 Å². The molecule has 1 fully saturated rings. The van der Waals surface area contributed by atoms with Gasteiger partial charge in [0.2, 0.25) is 0 Å². The van der Waals surface area contributed by atoms with Gasteiger partial charge in [0.1, 0.15) is 5.76 Å². The van der Waals surface area contributed by atoms with Gasteiger partial charge in [-0.25, -0.2) is 0 Å². The zero-order valence-electron chi connectivity index (χ0n) is 10.3. The van der Waals surface area contributed by atoms with Crippen LogP contribution >= 0.6 is 15.9 Å². The SMILES string of the molecule is CC(c1ccc(Br)o1)N(C)CC1CNCCO1. The van der Waals surface area contributed by atoms with E-state index < -0.39 is 0 Å². The van der Waals surface area contributed by atoms with Crippen LogP contribution in [0.2, 0.25) is 0 Å². The Morgan fingerprint density at radius 1 is 1.59 bits per heavy atom. The molecule has 4 nitrogen and oxygen atoms in total. The van der Waals surface area contributed by atoms with Gasteiger partial charge in [0.05, 0.1) is 18.8 Å². The number of rotatable bonds is 4. The number of furan rings is 1. The topological polar surface area (TPSA) is 37.6 Å². The number of hydrogen-bond acceptors (Lipinski definition) is 4. The molecular weight excluding hydrogens is 284 g/mol. The predicted octanol–water partition coefficient (Wildman–Crippen LogP) is 2.02. The molecule has 0 aliphatic carbocycles. The fraction of sp³-hybridized carbons (Fsp3) is 0.667. The summed E-state index contributed by atoms with van der Waals surface area (Å²) in [5.41, 5.74) is 0. The van der Waals surface area contributed by atoms with Gasteiger partial charge in [0.15, 0.2) is 4.67 Å². The fourth-order valence-electron chi connectivity index (χ4n) is 1.99. The Morgan fingerprint density at radius 2 is 2.41 bits per heavy atom. The van der Waals surface area contributed by atoms with Gasteiger partial charge in [-0.05, 0) is 42.0 Å². The molecule has 17 heavy (non-hydrogen) atoms. The highest BCUT2D eigenvalue weighted by Crippen LogP contribution is 2.24. The Labute approximate surface area is 110 Å². The summed E-state index contributed by atoms with van der Waals surface area (Å²) in [5, 5.41) is 3.34. The summed E-state index contributed by atoms with van der Waals surface area (Å²) in [6.45, 7) is 5.74. The van der Waals surface area contributed by atoms with Crippen molar-refractivity contribution in [2.75, 3.05) is 33.3 Å². The molecule has 1 saturated heterocycles. The molecule has 0 bridgehead atoms. The van der Waals surface area contributed by atoms with Gasteiger partial charge in [0, 0.05) is 19.6 Å². The van der Waals surface area contributed by atoms with E-state index in [2.05, 4.69) is 40.1 Å². The highest BCUT2D eigenvalue weighted by Gasteiger charge is 2.21. The minimum atomic E-state index is 0.256. The highest BCUT2D eigenvalue weighted by atomic mass is 79.9. The number of ether oxygens (including phenoxy) is 1. The van der Waals surface area contributed by atoms with Crippen molar-refractivity contribution >= 4 is 15.9 Å². The maximum Gasteiger partial charge on any atom is 0.169 e. The molecule has 1 aliphatic heterocycles. The van der Waals surface area contributed by atoms with Gasteiger partial charge >= 0.3 is 0 Å². The molecule has 5 heteroatoms. The second-order valence-electron chi connectivity index (χ2n) is 4.45. The first-order chi connectivity index (χ1) is 8.16. The minimum absolute atomic E-state index is 0.256. The molecular formula is C12H19BrN2O2. The Hall–Kier alpha value is -0.360. The van der Waals surface area contributed by atoms with Gasteiger partial charge in [-0.15, -0.1) is 0 Å². The molecule has 0 aromatic carbocycles. The molecule has 0 radical (unpaired) electrons.